The van der Waals surface area contributed by atoms with Gasteiger partial charge in [-0.2, -0.15) is 0 Å². The van der Waals surface area contributed by atoms with Gasteiger partial charge in [-0.15, -0.1) is 0 Å². The van der Waals surface area contributed by atoms with Crippen LogP contribution < -0.4 is 5.73 Å². The van der Waals surface area contributed by atoms with E-state index in [4.69, 9.17) is 5.73 Å². The first-order chi connectivity index (χ1) is 9.20. The SMILES string of the molecule is NCC(c1ccc(F)cc1)C(O)CC1CCCCC1. The van der Waals surface area contributed by atoms with Gasteiger partial charge in [-0.25, -0.2) is 4.39 Å². The number of aliphatic hydroxyl groups is 1. The Morgan fingerprint density at radius 3 is 2.37 bits per heavy atom. The zero-order chi connectivity index (χ0) is 13.7. The van der Waals surface area contributed by atoms with Crippen molar-refractivity contribution in [1.29, 1.82) is 0 Å². The fourth-order valence-electron chi connectivity index (χ4n) is 3.15. The van der Waals surface area contributed by atoms with E-state index in [0.717, 1.165) is 12.0 Å². The second-order valence-corrected chi connectivity index (χ2v) is 5.70. The van der Waals surface area contributed by atoms with Crippen LogP contribution in [0, 0.1) is 11.7 Å². The molecule has 0 bridgehead atoms. The molecule has 0 amide bonds. The van der Waals surface area contributed by atoms with Gasteiger partial charge in [0, 0.05) is 12.5 Å². The van der Waals surface area contributed by atoms with Crippen LogP contribution in [0.15, 0.2) is 24.3 Å². The second kappa shape index (κ2) is 7.01. The molecule has 0 radical (unpaired) electrons. The van der Waals surface area contributed by atoms with E-state index in [1.165, 1.54) is 44.2 Å². The van der Waals surface area contributed by atoms with E-state index >= 15 is 0 Å². The van der Waals surface area contributed by atoms with E-state index in [0.29, 0.717) is 12.5 Å². The minimum atomic E-state index is -0.418. The number of nitrogens with two attached hydrogens (primary N) is 1. The number of aliphatic hydroxyl groups excluding tert-OH is 1. The lowest BCUT2D eigenvalue weighted by Crippen LogP contribution is -2.28. The maximum absolute atomic E-state index is 12.9. The van der Waals surface area contributed by atoms with Crippen molar-refractivity contribution in [3.63, 3.8) is 0 Å². The molecular weight excluding hydrogens is 241 g/mol. The van der Waals surface area contributed by atoms with E-state index in [9.17, 15) is 9.50 Å². The average Bonchev–Trinajstić information content (AvgIpc) is 2.43. The lowest BCUT2D eigenvalue weighted by Gasteiger charge is -2.28. The minimum absolute atomic E-state index is 0.0810. The molecule has 3 N–H and O–H groups in total. The van der Waals surface area contributed by atoms with Gasteiger partial charge in [-0.3, -0.25) is 0 Å². The van der Waals surface area contributed by atoms with E-state index in [1.807, 2.05) is 0 Å². The van der Waals surface area contributed by atoms with Gasteiger partial charge in [-0.05, 0) is 30.0 Å². The Balaban J connectivity index is 1.97. The quantitative estimate of drug-likeness (QED) is 0.858. The first-order valence-corrected chi connectivity index (χ1v) is 7.34. The molecule has 2 rings (SSSR count). The van der Waals surface area contributed by atoms with Crippen molar-refractivity contribution < 1.29 is 9.50 Å². The molecule has 0 spiro atoms. The highest BCUT2D eigenvalue weighted by Gasteiger charge is 2.24. The van der Waals surface area contributed by atoms with Gasteiger partial charge < -0.3 is 10.8 Å². The molecule has 3 heteroatoms. The van der Waals surface area contributed by atoms with Crippen LogP contribution in [0.25, 0.3) is 0 Å². The number of rotatable bonds is 5. The van der Waals surface area contributed by atoms with Crippen molar-refractivity contribution >= 4 is 0 Å². The third-order valence-electron chi connectivity index (χ3n) is 4.32. The molecule has 0 saturated heterocycles. The van der Waals surface area contributed by atoms with Gasteiger partial charge in [0.15, 0.2) is 0 Å². The van der Waals surface area contributed by atoms with Crippen molar-refractivity contribution in [3.05, 3.63) is 35.6 Å². The van der Waals surface area contributed by atoms with Crippen LogP contribution in [-0.4, -0.2) is 17.8 Å². The second-order valence-electron chi connectivity index (χ2n) is 5.70. The van der Waals surface area contributed by atoms with Crippen molar-refractivity contribution in [2.45, 2.75) is 50.5 Å². The summed E-state index contributed by atoms with van der Waals surface area (Å²) in [4.78, 5) is 0. The molecule has 2 nitrogen and oxygen atoms in total. The number of hydrogen-bond donors (Lipinski definition) is 2. The van der Waals surface area contributed by atoms with E-state index in [-0.39, 0.29) is 11.7 Å². The smallest absolute Gasteiger partial charge is 0.123 e. The average molecular weight is 265 g/mol. The zero-order valence-corrected chi connectivity index (χ0v) is 11.4. The highest BCUT2D eigenvalue weighted by atomic mass is 19.1. The molecule has 2 unspecified atom stereocenters. The van der Waals surface area contributed by atoms with Gasteiger partial charge in [0.2, 0.25) is 0 Å². The van der Waals surface area contributed by atoms with E-state index < -0.39 is 6.10 Å². The molecule has 1 aromatic carbocycles. The molecule has 19 heavy (non-hydrogen) atoms. The summed E-state index contributed by atoms with van der Waals surface area (Å²) >= 11 is 0. The van der Waals surface area contributed by atoms with Gasteiger partial charge in [0.05, 0.1) is 6.10 Å². The van der Waals surface area contributed by atoms with Crippen molar-refractivity contribution in [3.8, 4) is 0 Å². The molecule has 0 aliphatic heterocycles. The van der Waals surface area contributed by atoms with E-state index in [1.54, 1.807) is 12.1 Å². The normalized spacial score (nSPS) is 20.2. The number of benzene rings is 1. The summed E-state index contributed by atoms with van der Waals surface area (Å²) in [6, 6.07) is 6.34. The predicted octanol–water partition coefficient (Wildman–Crippen LogP) is 3.20. The first kappa shape index (κ1) is 14.5. The Morgan fingerprint density at radius 2 is 1.79 bits per heavy atom. The van der Waals surface area contributed by atoms with Crippen LogP contribution in [0.3, 0.4) is 0 Å². The zero-order valence-electron chi connectivity index (χ0n) is 11.4. The molecule has 1 aromatic rings. The Kier molecular flexibility index (Phi) is 5.34. The summed E-state index contributed by atoms with van der Waals surface area (Å²) in [5, 5.41) is 10.4. The summed E-state index contributed by atoms with van der Waals surface area (Å²) in [6.07, 6.45) is 6.72. The number of hydrogen-bond acceptors (Lipinski definition) is 2. The third-order valence-corrected chi connectivity index (χ3v) is 4.32. The van der Waals surface area contributed by atoms with Crippen LogP contribution in [0.2, 0.25) is 0 Å². The summed E-state index contributed by atoms with van der Waals surface area (Å²) in [5.41, 5.74) is 6.73. The Morgan fingerprint density at radius 1 is 1.16 bits per heavy atom. The van der Waals surface area contributed by atoms with Gasteiger partial charge in [0.1, 0.15) is 5.82 Å². The van der Waals surface area contributed by atoms with Crippen LogP contribution in [0.5, 0.6) is 0 Å². The summed E-state index contributed by atoms with van der Waals surface area (Å²) < 4.78 is 12.9. The Bertz CT molecular complexity index is 373. The highest BCUT2D eigenvalue weighted by Crippen LogP contribution is 2.31. The van der Waals surface area contributed by atoms with Crippen molar-refractivity contribution in [2.75, 3.05) is 6.54 Å². The van der Waals surface area contributed by atoms with Crippen molar-refractivity contribution in [2.24, 2.45) is 11.7 Å². The van der Waals surface area contributed by atoms with Crippen LogP contribution >= 0.6 is 0 Å². The van der Waals surface area contributed by atoms with Crippen LogP contribution in [-0.2, 0) is 0 Å². The van der Waals surface area contributed by atoms with Crippen LogP contribution in [0.1, 0.15) is 50.0 Å². The molecular formula is C16H24FNO. The fourth-order valence-corrected chi connectivity index (χ4v) is 3.15. The molecule has 0 heterocycles. The standard InChI is InChI=1S/C16H24FNO/c17-14-8-6-13(7-9-14)15(11-18)16(19)10-12-4-2-1-3-5-12/h6-9,12,15-16,19H,1-5,10-11,18H2. The van der Waals surface area contributed by atoms with Gasteiger partial charge in [-0.1, -0.05) is 44.2 Å². The predicted molar refractivity (Wildman–Crippen MR) is 75.4 cm³/mol. The summed E-state index contributed by atoms with van der Waals surface area (Å²) in [7, 11) is 0. The highest BCUT2D eigenvalue weighted by molar-refractivity contribution is 5.22. The minimum Gasteiger partial charge on any atom is -0.392 e. The molecule has 0 aromatic heterocycles. The van der Waals surface area contributed by atoms with Crippen molar-refractivity contribution in [1.82, 2.24) is 0 Å². The molecule has 1 aliphatic carbocycles. The van der Waals surface area contributed by atoms with E-state index in [2.05, 4.69) is 0 Å². The Labute approximate surface area is 114 Å². The molecule has 1 saturated carbocycles. The summed E-state index contributed by atoms with van der Waals surface area (Å²) in [5.74, 6) is 0.294. The first-order valence-electron chi connectivity index (χ1n) is 7.34. The van der Waals surface area contributed by atoms with Gasteiger partial charge in [0.25, 0.3) is 0 Å². The largest absolute Gasteiger partial charge is 0.392 e. The lowest BCUT2D eigenvalue weighted by atomic mass is 9.81. The maximum Gasteiger partial charge on any atom is 0.123 e. The molecule has 106 valence electrons. The van der Waals surface area contributed by atoms with Crippen LogP contribution in [0.4, 0.5) is 4.39 Å². The Hall–Kier alpha value is -0.930. The summed E-state index contributed by atoms with van der Waals surface area (Å²) in [6.45, 7) is 0.402. The maximum atomic E-state index is 12.9. The number of halogens is 1. The monoisotopic (exact) mass is 265 g/mol. The molecule has 1 aliphatic rings. The molecule has 2 atom stereocenters. The lowest BCUT2D eigenvalue weighted by molar-refractivity contribution is 0.106. The topological polar surface area (TPSA) is 46.2 Å². The fraction of sp³-hybridized carbons (Fsp3) is 0.625. The van der Waals surface area contributed by atoms with Gasteiger partial charge >= 0.3 is 0 Å². The molecule has 1 fully saturated rings. The third kappa shape index (κ3) is 4.02.